The fourth-order valence-corrected chi connectivity index (χ4v) is 2.23. The highest BCUT2D eigenvalue weighted by atomic mass is 35.5. The molecule has 1 aliphatic heterocycles. The number of anilines is 1. The van der Waals surface area contributed by atoms with Crippen LogP contribution >= 0.6 is 24.0 Å². The summed E-state index contributed by atoms with van der Waals surface area (Å²) in [6.07, 6.45) is 1.89. The van der Waals surface area contributed by atoms with Gasteiger partial charge in [0.2, 0.25) is 5.82 Å². The molecule has 2 N–H and O–H groups in total. The topological polar surface area (TPSA) is 74.2 Å². The maximum Gasteiger partial charge on any atom is 0.259 e. The van der Waals surface area contributed by atoms with E-state index in [0.29, 0.717) is 28.0 Å². The Bertz CT molecular complexity index is 568. The van der Waals surface area contributed by atoms with Gasteiger partial charge < -0.3 is 15.0 Å². The Morgan fingerprint density at radius 1 is 1.37 bits per heavy atom. The first kappa shape index (κ1) is 14.1. The first-order chi connectivity index (χ1) is 8.74. The van der Waals surface area contributed by atoms with Crippen molar-refractivity contribution >= 4 is 29.7 Å². The van der Waals surface area contributed by atoms with E-state index in [9.17, 15) is 0 Å². The van der Waals surface area contributed by atoms with Gasteiger partial charge in [0.1, 0.15) is 6.10 Å². The Kier molecular flexibility index (Phi) is 4.29. The van der Waals surface area contributed by atoms with Gasteiger partial charge in [-0.05, 0) is 31.0 Å². The molecule has 0 radical (unpaired) electrons. The molecule has 0 bridgehead atoms. The van der Waals surface area contributed by atoms with Crippen LogP contribution in [0, 0.1) is 0 Å². The van der Waals surface area contributed by atoms with E-state index in [-0.39, 0.29) is 18.5 Å². The molecule has 19 heavy (non-hydrogen) atoms. The normalized spacial score (nSPS) is 18.3. The highest BCUT2D eigenvalue weighted by Crippen LogP contribution is 2.31. The molecule has 1 aromatic heterocycles. The predicted octanol–water partition coefficient (Wildman–Crippen LogP) is 3.25. The van der Waals surface area contributed by atoms with Crippen molar-refractivity contribution in [1.82, 2.24) is 10.1 Å². The number of nitrogens with zero attached hydrogens (tertiary/aromatic N) is 2. The molecule has 1 aliphatic rings. The predicted molar refractivity (Wildman–Crippen MR) is 74.3 cm³/mol. The summed E-state index contributed by atoms with van der Waals surface area (Å²) in [5, 5.41) is 4.43. The lowest BCUT2D eigenvalue weighted by Gasteiger charge is -2.01. The SMILES string of the molecule is Cl.Nc1ccc(-c2nc(C3CCCO3)no2)c(Cl)c1. The largest absolute Gasteiger partial charge is 0.399 e. The molecule has 0 spiro atoms. The van der Waals surface area contributed by atoms with E-state index >= 15 is 0 Å². The van der Waals surface area contributed by atoms with E-state index in [4.69, 9.17) is 26.6 Å². The number of hydrogen-bond donors (Lipinski definition) is 1. The minimum absolute atomic E-state index is 0. The first-order valence-electron chi connectivity index (χ1n) is 5.74. The summed E-state index contributed by atoms with van der Waals surface area (Å²) in [7, 11) is 0. The second kappa shape index (κ2) is 5.77. The van der Waals surface area contributed by atoms with Crippen molar-refractivity contribution in [3.63, 3.8) is 0 Å². The van der Waals surface area contributed by atoms with Crippen molar-refractivity contribution in [2.75, 3.05) is 12.3 Å². The average molecular weight is 302 g/mol. The number of halogens is 2. The van der Waals surface area contributed by atoms with Crippen LogP contribution < -0.4 is 5.73 Å². The van der Waals surface area contributed by atoms with Gasteiger partial charge in [-0.25, -0.2) is 0 Å². The maximum absolute atomic E-state index is 6.09. The van der Waals surface area contributed by atoms with E-state index in [1.165, 1.54) is 0 Å². The smallest absolute Gasteiger partial charge is 0.259 e. The van der Waals surface area contributed by atoms with E-state index in [0.717, 1.165) is 19.4 Å². The molecule has 1 unspecified atom stereocenters. The summed E-state index contributed by atoms with van der Waals surface area (Å²) in [6.45, 7) is 0.747. The Morgan fingerprint density at radius 3 is 2.89 bits per heavy atom. The Hall–Kier alpha value is -1.30. The minimum Gasteiger partial charge on any atom is -0.399 e. The molecule has 0 aliphatic carbocycles. The van der Waals surface area contributed by atoms with Gasteiger partial charge in [-0.2, -0.15) is 4.98 Å². The number of hydrogen-bond acceptors (Lipinski definition) is 5. The second-order valence-corrected chi connectivity index (χ2v) is 4.61. The molecule has 1 atom stereocenters. The molecular formula is C12H13Cl2N3O2. The number of nitrogens with two attached hydrogens (primary N) is 1. The fourth-order valence-electron chi connectivity index (χ4n) is 1.96. The lowest BCUT2D eigenvalue weighted by molar-refractivity contribution is 0.103. The maximum atomic E-state index is 6.09. The van der Waals surface area contributed by atoms with E-state index < -0.39 is 0 Å². The summed E-state index contributed by atoms with van der Waals surface area (Å²) < 4.78 is 10.7. The first-order valence-corrected chi connectivity index (χ1v) is 6.12. The third kappa shape index (κ3) is 2.83. The Balaban J connectivity index is 0.00000133. The van der Waals surface area contributed by atoms with E-state index in [1.807, 2.05) is 0 Å². The summed E-state index contributed by atoms with van der Waals surface area (Å²) in [5.74, 6) is 0.973. The number of aromatic nitrogens is 2. The highest BCUT2D eigenvalue weighted by Gasteiger charge is 2.24. The molecule has 1 saturated heterocycles. The Morgan fingerprint density at radius 2 is 2.21 bits per heavy atom. The van der Waals surface area contributed by atoms with Gasteiger partial charge in [-0.3, -0.25) is 0 Å². The summed E-state index contributed by atoms with van der Waals surface area (Å²) in [5.41, 5.74) is 6.92. The van der Waals surface area contributed by atoms with Crippen molar-refractivity contribution < 1.29 is 9.26 Å². The molecule has 5 nitrogen and oxygen atoms in total. The molecule has 0 saturated carbocycles. The molecule has 102 valence electrons. The van der Waals surface area contributed by atoms with Gasteiger partial charge in [-0.1, -0.05) is 16.8 Å². The molecule has 3 rings (SSSR count). The van der Waals surface area contributed by atoms with Crippen molar-refractivity contribution in [3.8, 4) is 11.5 Å². The number of benzene rings is 1. The molecule has 7 heteroatoms. The van der Waals surface area contributed by atoms with Crippen LogP contribution in [-0.4, -0.2) is 16.7 Å². The fraction of sp³-hybridized carbons (Fsp3) is 0.333. The second-order valence-electron chi connectivity index (χ2n) is 4.20. The van der Waals surface area contributed by atoms with Crippen LogP contribution in [0.5, 0.6) is 0 Å². The van der Waals surface area contributed by atoms with Crippen LogP contribution in [0.25, 0.3) is 11.5 Å². The van der Waals surface area contributed by atoms with E-state index in [2.05, 4.69) is 10.1 Å². The zero-order valence-electron chi connectivity index (χ0n) is 10.0. The third-order valence-corrected chi connectivity index (χ3v) is 3.20. The molecule has 0 amide bonds. The van der Waals surface area contributed by atoms with Crippen LogP contribution in [0.1, 0.15) is 24.8 Å². The zero-order chi connectivity index (χ0) is 12.5. The molecule has 2 aromatic rings. The monoisotopic (exact) mass is 301 g/mol. The lowest BCUT2D eigenvalue weighted by Crippen LogP contribution is -1.97. The van der Waals surface area contributed by atoms with Crippen LogP contribution in [0.3, 0.4) is 0 Å². The van der Waals surface area contributed by atoms with Crippen molar-refractivity contribution in [2.45, 2.75) is 18.9 Å². The quantitative estimate of drug-likeness (QED) is 0.862. The molecule has 1 fully saturated rings. The van der Waals surface area contributed by atoms with Gasteiger partial charge in [0, 0.05) is 12.3 Å². The van der Waals surface area contributed by atoms with Crippen LogP contribution in [0.2, 0.25) is 5.02 Å². The summed E-state index contributed by atoms with van der Waals surface area (Å²) >= 11 is 6.09. The van der Waals surface area contributed by atoms with Crippen molar-refractivity contribution in [2.24, 2.45) is 0 Å². The average Bonchev–Trinajstić information content (AvgIpc) is 2.99. The highest BCUT2D eigenvalue weighted by molar-refractivity contribution is 6.33. The van der Waals surface area contributed by atoms with Gasteiger partial charge in [-0.15, -0.1) is 12.4 Å². The number of nitrogen functional groups attached to an aromatic ring is 1. The van der Waals surface area contributed by atoms with Crippen LogP contribution in [0.15, 0.2) is 22.7 Å². The summed E-state index contributed by atoms with van der Waals surface area (Å²) in [6, 6.07) is 5.18. The van der Waals surface area contributed by atoms with Gasteiger partial charge in [0.05, 0.1) is 10.6 Å². The van der Waals surface area contributed by atoms with Crippen molar-refractivity contribution in [3.05, 3.63) is 29.0 Å². The van der Waals surface area contributed by atoms with E-state index in [1.54, 1.807) is 18.2 Å². The van der Waals surface area contributed by atoms with Crippen LogP contribution in [-0.2, 0) is 4.74 Å². The third-order valence-electron chi connectivity index (χ3n) is 2.88. The number of rotatable bonds is 2. The summed E-state index contributed by atoms with van der Waals surface area (Å²) in [4.78, 5) is 4.32. The van der Waals surface area contributed by atoms with Gasteiger partial charge in [0.15, 0.2) is 0 Å². The zero-order valence-corrected chi connectivity index (χ0v) is 11.6. The lowest BCUT2D eigenvalue weighted by atomic mass is 10.2. The standard InChI is InChI=1S/C12H12ClN3O2.ClH/c13-9-6-7(14)3-4-8(9)12-15-11(16-18-12)10-2-1-5-17-10;/h3-4,6,10H,1-2,5,14H2;1H. The number of ether oxygens (including phenoxy) is 1. The Labute approximate surface area is 121 Å². The molecule has 2 heterocycles. The molecule has 1 aromatic carbocycles. The minimum atomic E-state index is -0.0601. The van der Waals surface area contributed by atoms with Crippen LogP contribution in [0.4, 0.5) is 5.69 Å². The van der Waals surface area contributed by atoms with Gasteiger partial charge >= 0.3 is 0 Å². The van der Waals surface area contributed by atoms with Gasteiger partial charge in [0.25, 0.3) is 5.89 Å². The van der Waals surface area contributed by atoms with Crippen molar-refractivity contribution in [1.29, 1.82) is 0 Å². The molecular weight excluding hydrogens is 289 g/mol.